The van der Waals surface area contributed by atoms with Crippen LogP contribution in [0.1, 0.15) is 5.69 Å². The van der Waals surface area contributed by atoms with Gasteiger partial charge >= 0.3 is 0 Å². The number of nitrogens with zero attached hydrogens (tertiary/aromatic N) is 6. The van der Waals surface area contributed by atoms with E-state index in [2.05, 4.69) is 30.8 Å². The van der Waals surface area contributed by atoms with Crippen molar-refractivity contribution in [2.75, 3.05) is 36.0 Å². The first-order valence-corrected chi connectivity index (χ1v) is 6.99. The van der Waals surface area contributed by atoms with Crippen molar-refractivity contribution in [3.8, 4) is 6.07 Å². The third-order valence-corrected chi connectivity index (χ3v) is 3.70. The minimum absolute atomic E-state index is 0.363. The molecular formula is C14H13ClN6. The Kier molecular flexibility index (Phi) is 3.84. The second kappa shape index (κ2) is 5.94. The van der Waals surface area contributed by atoms with E-state index in [0.717, 1.165) is 32.0 Å². The predicted octanol–water partition coefficient (Wildman–Crippen LogP) is 1.72. The molecule has 0 aromatic carbocycles. The van der Waals surface area contributed by atoms with Gasteiger partial charge in [0.1, 0.15) is 11.9 Å². The van der Waals surface area contributed by atoms with Crippen molar-refractivity contribution < 1.29 is 0 Å². The van der Waals surface area contributed by atoms with E-state index in [-0.39, 0.29) is 0 Å². The SMILES string of the molecule is N#Cc1nccnc1N1CCN(c2ncccc2Cl)CC1. The predicted molar refractivity (Wildman–Crippen MR) is 80.4 cm³/mol. The van der Waals surface area contributed by atoms with E-state index in [9.17, 15) is 0 Å². The molecule has 2 aromatic heterocycles. The number of rotatable bonds is 2. The summed E-state index contributed by atoms with van der Waals surface area (Å²) < 4.78 is 0. The third-order valence-electron chi connectivity index (χ3n) is 3.40. The van der Waals surface area contributed by atoms with Gasteiger partial charge in [0.25, 0.3) is 0 Å². The average molecular weight is 301 g/mol. The molecule has 6 nitrogen and oxygen atoms in total. The molecule has 1 saturated heterocycles. The number of hydrogen-bond acceptors (Lipinski definition) is 6. The Balaban J connectivity index is 1.74. The van der Waals surface area contributed by atoms with Crippen LogP contribution in [0.3, 0.4) is 0 Å². The second-order valence-corrected chi connectivity index (χ2v) is 5.03. The van der Waals surface area contributed by atoms with Crippen LogP contribution in [0.4, 0.5) is 11.6 Å². The summed E-state index contributed by atoms with van der Waals surface area (Å²) in [6.45, 7) is 3.05. The summed E-state index contributed by atoms with van der Waals surface area (Å²) in [5.74, 6) is 1.45. The molecule has 1 fully saturated rings. The summed E-state index contributed by atoms with van der Waals surface area (Å²) in [6.07, 6.45) is 4.88. The highest BCUT2D eigenvalue weighted by Gasteiger charge is 2.22. The van der Waals surface area contributed by atoms with Gasteiger partial charge in [0, 0.05) is 44.8 Å². The molecule has 3 heterocycles. The van der Waals surface area contributed by atoms with Gasteiger partial charge in [0.15, 0.2) is 11.5 Å². The van der Waals surface area contributed by atoms with Crippen molar-refractivity contribution in [3.05, 3.63) is 41.4 Å². The lowest BCUT2D eigenvalue weighted by atomic mass is 10.3. The quantitative estimate of drug-likeness (QED) is 0.841. The van der Waals surface area contributed by atoms with Gasteiger partial charge in [-0.05, 0) is 12.1 Å². The molecule has 106 valence electrons. The van der Waals surface area contributed by atoms with Gasteiger partial charge in [-0.3, -0.25) is 0 Å². The monoisotopic (exact) mass is 300 g/mol. The highest BCUT2D eigenvalue weighted by molar-refractivity contribution is 6.32. The lowest BCUT2D eigenvalue weighted by Gasteiger charge is -2.36. The summed E-state index contributed by atoms with van der Waals surface area (Å²) >= 11 is 6.18. The molecule has 0 saturated carbocycles. The zero-order chi connectivity index (χ0) is 14.7. The Hall–Kier alpha value is -2.39. The average Bonchev–Trinajstić information content (AvgIpc) is 2.55. The Morgan fingerprint density at radius 3 is 2.24 bits per heavy atom. The standard InChI is InChI=1S/C14H13ClN6/c15-11-2-1-3-18-13(11)20-6-8-21(9-7-20)14-12(10-16)17-4-5-19-14/h1-5H,6-9H2. The first kappa shape index (κ1) is 13.6. The van der Waals surface area contributed by atoms with Gasteiger partial charge in [-0.2, -0.15) is 5.26 Å². The molecule has 0 aliphatic carbocycles. The second-order valence-electron chi connectivity index (χ2n) is 4.62. The number of anilines is 2. The largest absolute Gasteiger partial charge is 0.352 e. The van der Waals surface area contributed by atoms with Crippen LogP contribution in [-0.4, -0.2) is 41.1 Å². The first-order valence-electron chi connectivity index (χ1n) is 6.61. The van der Waals surface area contributed by atoms with Gasteiger partial charge < -0.3 is 9.80 Å². The fourth-order valence-electron chi connectivity index (χ4n) is 2.38. The molecule has 21 heavy (non-hydrogen) atoms. The summed E-state index contributed by atoms with van der Waals surface area (Å²) in [4.78, 5) is 16.9. The molecule has 0 radical (unpaired) electrons. The normalized spacial score (nSPS) is 14.9. The Morgan fingerprint density at radius 1 is 0.952 bits per heavy atom. The van der Waals surface area contributed by atoms with Crippen LogP contribution in [0.2, 0.25) is 5.02 Å². The highest BCUT2D eigenvalue weighted by Crippen LogP contribution is 2.24. The van der Waals surface area contributed by atoms with Crippen LogP contribution in [0.15, 0.2) is 30.7 Å². The summed E-state index contributed by atoms with van der Waals surface area (Å²) in [7, 11) is 0. The van der Waals surface area contributed by atoms with E-state index in [1.54, 1.807) is 12.4 Å². The Bertz CT molecular complexity index is 675. The number of piperazine rings is 1. The van der Waals surface area contributed by atoms with Gasteiger partial charge in [-0.25, -0.2) is 15.0 Å². The molecular weight excluding hydrogens is 288 g/mol. The maximum atomic E-state index is 9.10. The molecule has 0 bridgehead atoms. The smallest absolute Gasteiger partial charge is 0.183 e. The molecule has 2 aromatic rings. The number of nitriles is 1. The van der Waals surface area contributed by atoms with E-state index < -0.39 is 0 Å². The molecule has 1 aliphatic heterocycles. The molecule has 0 amide bonds. The van der Waals surface area contributed by atoms with E-state index in [4.69, 9.17) is 16.9 Å². The van der Waals surface area contributed by atoms with Crippen molar-refractivity contribution in [2.45, 2.75) is 0 Å². The fourth-order valence-corrected chi connectivity index (χ4v) is 2.62. The molecule has 0 spiro atoms. The zero-order valence-electron chi connectivity index (χ0n) is 11.3. The highest BCUT2D eigenvalue weighted by atomic mass is 35.5. The number of aromatic nitrogens is 3. The number of hydrogen-bond donors (Lipinski definition) is 0. The van der Waals surface area contributed by atoms with Gasteiger partial charge in [-0.1, -0.05) is 11.6 Å². The van der Waals surface area contributed by atoms with Crippen molar-refractivity contribution in [1.29, 1.82) is 5.26 Å². The zero-order valence-corrected chi connectivity index (χ0v) is 12.0. The minimum Gasteiger partial charge on any atom is -0.352 e. The van der Waals surface area contributed by atoms with Gasteiger partial charge in [0.05, 0.1) is 5.02 Å². The molecule has 0 unspecified atom stereocenters. The van der Waals surface area contributed by atoms with Crippen LogP contribution in [0.5, 0.6) is 0 Å². The maximum absolute atomic E-state index is 9.10. The van der Waals surface area contributed by atoms with Gasteiger partial charge in [-0.15, -0.1) is 0 Å². The fraction of sp³-hybridized carbons (Fsp3) is 0.286. The van der Waals surface area contributed by atoms with E-state index in [1.165, 1.54) is 6.20 Å². The van der Waals surface area contributed by atoms with E-state index in [1.807, 2.05) is 12.1 Å². The molecule has 3 rings (SSSR count). The molecule has 1 aliphatic rings. The van der Waals surface area contributed by atoms with Crippen LogP contribution in [0, 0.1) is 11.3 Å². The maximum Gasteiger partial charge on any atom is 0.183 e. The van der Waals surface area contributed by atoms with Crippen LogP contribution in [-0.2, 0) is 0 Å². The van der Waals surface area contributed by atoms with E-state index in [0.29, 0.717) is 16.5 Å². The molecule has 0 atom stereocenters. The topological polar surface area (TPSA) is 68.9 Å². The molecule has 7 heteroatoms. The molecule has 0 N–H and O–H groups in total. The van der Waals surface area contributed by atoms with Gasteiger partial charge in [0.2, 0.25) is 0 Å². The van der Waals surface area contributed by atoms with Crippen LogP contribution in [0.25, 0.3) is 0 Å². The van der Waals surface area contributed by atoms with Crippen molar-refractivity contribution in [1.82, 2.24) is 15.0 Å². The Morgan fingerprint density at radius 2 is 1.57 bits per heavy atom. The van der Waals surface area contributed by atoms with Crippen molar-refractivity contribution >= 4 is 23.2 Å². The lowest BCUT2D eigenvalue weighted by molar-refractivity contribution is 0.640. The van der Waals surface area contributed by atoms with Crippen molar-refractivity contribution in [3.63, 3.8) is 0 Å². The van der Waals surface area contributed by atoms with Crippen LogP contribution >= 0.6 is 11.6 Å². The van der Waals surface area contributed by atoms with Crippen molar-refractivity contribution in [2.24, 2.45) is 0 Å². The third kappa shape index (κ3) is 2.73. The summed E-state index contributed by atoms with van der Waals surface area (Å²) in [5, 5.41) is 9.75. The Labute approximate surface area is 127 Å². The summed E-state index contributed by atoms with van der Waals surface area (Å²) in [5.41, 5.74) is 0.363. The number of pyridine rings is 1. The number of halogens is 1. The van der Waals surface area contributed by atoms with Crippen LogP contribution < -0.4 is 9.80 Å². The van der Waals surface area contributed by atoms with E-state index >= 15 is 0 Å². The first-order chi connectivity index (χ1) is 10.3. The summed E-state index contributed by atoms with van der Waals surface area (Å²) in [6, 6.07) is 5.74. The minimum atomic E-state index is 0.363. The lowest BCUT2D eigenvalue weighted by Crippen LogP contribution is -2.47.